The molecule has 0 saturated carbocycles. The number of hydrogen-bond acceptors (Lipinski definition) is 3. The summed E-state index contributed by atoms with van der Waals surface area (Å²) in [5, 5.41) is 12.4. The van der Waals surface area contributed by atoms with E-state index < -0.39 is 0 Å². The summed E-state index contributed by atoms with van der Waals surface area (Å²) in [5.41, 5.74) is 1.68. The first-order valence-electron chi connectivity index (χ1n) is 4.99. The van der Waals surface area contributed by atoms with Gasteiger partial charge in [0.05, 0.1) is 11.6 Å². The second-order valence-corrected chi connectivity index (χ2v) is 3.16. The van der Waals surface area contributed by atoms with Crippen molar-refractivity contribution in [1.82, 2.24) is 0 Å². The van der Waals surface area contributed by atoms with Gasteiger partial charge in [-0.1, -0.05) is 30.6 Å². The van der Waals surface area contributed by atoms with Crippen molar-refractivity contribution in [2.24, 2.45) is 5.16 Å². The minimum absolute atomic E-state index is 0.450. The summed E-state index contributed by atoms with van der Waals surface area (Å²) in [6, 6.07) is 9.35. The van der Waals surface area contributed by atoms with E-state index >= 15 is 0 Å². The highest BCUT2D eigenvalue weighted by molar-refractivity contribution is 5.55. The maximum Gasteiger partial charge on any atom is 0.142 e. The third-order valence-electron chi connectivity index (χ3n) is 1.88. The number of oxime groups is 1. The van der Waals surface area contributed by atoms with Crippen molar-refractivity contribution in [3.8, 4) is 6.07 Å². The highest BCUT2D eigenvalue weighted by Crippen LogP contribution is 2.04. The third kappa shape index (κ3) is 4.28. The van der Waals surface area contributed by atoms with Crippen molar-refractivity contribution >= 4 is 6.21 Å². The molecule has 0 spiro atoms. The molecule has 3 heteroatoms. The summed E-state index contributed by atoms with van der Waals surface area (Å²) < 4.78 is 0. The summed E-state index contributed by atoms with van der Waals surface area (Å²) in [6.07, 6.45) is 3.78. The van der Waals surface area contributed by atoms with E-state index in [1.807, 2.05) is 12.1 Å². The zero-order valence-electron chi connectivity index (χ0n) is 8.81. The van der Waals surface area contributed by atoms with Crippen molar-refractivity contribution < 1.29 is 4.84 Å². The highest BCUT2D eigenvalue weighted by atomic mass is 16.6. The van der Waals surface area contributed by atoms with E-state index in [-0.39, 0.29) is 0 Å². The molecule has 1 aromatic rings. The van der Waals surface area contributed by atoms with E-state index in [9.17, 15) is 0 Å². The number of nitriles is 1. The molecule has 1 rings (SSSR count). The minimum atomic E-state index is 0.450. The smallest absolute Gasteiger partial charge is 0.142 e. The summed E-state index contributed by atoms with van der Waals surface area (Å²) in [4.78, 5) is 5.08. The summed E-state index contributed by atoms with van der Waals surface area (Å²) in [7, 11) is 0. The quantitative estimate of drug-likeness (QED) is 0.544. The second kappa shape index (κ2) is 6.61. The standard InChI is InChI=1S/C12H14N2O/c1-2-3-8-14-15-10-12-6-4-11(9-13)5-7-12/h4-8H,2-3,10H2,1H3. The fraction of sp³-hybridized carbons (Fsp3) is 0.333. The number of rotatable bonds is 5. The van der Waals surface area contributed by atoms with Crippen molar-refractivity contribution in [3.05, 3.63) is 35.4 Å². The van der Waals surface area contributed by atoms with Gasteiger partial charge in [-0.2, -0.15) is 5.26 Å². The van der Waals surface area contributed by atoms with E-state index in [0.717, 1.165) is 18.4 Å². The number of hydrogen-bond donors (Lipinski definition) is 0. The van der Waals surface area contributed by atoms with Gasteiger partial charge >= 0.3 is 0 Å². The van der Waals surface area contributed by atoms with Crippen molar-refractivity contribution in [2.45, 2.75) is 26.4 Å². The van der Waals surface area contributed by atoms with Gasteiger partial charge < -0.3 is 4.84 Å². The Morgan fingerprint density at radius 1 is 1.40 bits per heavy atom. The molecule has 3 nitrogen and oxygen atoms in total. The van der Waals surface area contributed by atoms with Gasteiger partial charge in [0, 0.05) is 6.21 Å². The molecular weight excluding hydrogens is 188 g/mol. The molecule has 1 aromatic carbocycles. The van der Waals surface area contributed by atoms with Crippen LogP contribution in [0.25, 0.3) is 0 Å². The van der Waals surface area contributed by atoms with Crippen LogP contribution in [0.4, 0.5) is 0 Å². The fourth-order valence-electron chi connectivity index (χ4n) is 1.02. The predicted molar refractivity (Wildman–Crippen MR) is 59.3 cm³/mol. The van der Waals surface area contributed by atoms with E-state index in [1.54, 1.807) is 18.3 Å². The Morgan fingerprint density at radius 2 is 2.13 bits per heavy atom. The van der Waals surface area contributed by atoms with Crippen molar-refractivity contribution in [3.63, 3.8) is 0 Å². The van der Waals surface area contributed by atoms with Gasteiger partial charge in [0.25, 0.3) is 0 Å². The van der Waals surface area contributed by atoms with Gasteiger partial charge in [-0.15, -0.1) is 0 Å². The molecule has 0 amide bonds. The third-order valence-corrected chi connectivity index (χ3v) is 1.88. The Balaban J connectivity index is 2.35. The molecule has 0 N–H and O–H groups in total. The van der Waals surface area contributed by atoms with Crippen LogP contribution in [-0.4, -0.2) is 6.21 Å². The zero-order valence-corrected chi connectivity index (χ0v) is 8.81. The molecule has 0 heterocycles. The molecule has 0 aliphatic carbocycles. The van der Waals surface area contributed by atoms with E-state index in [2.05, 4.69) is 18.1 Å². The SMILES string of the molecule is CCCC=NOCc1ccc(C#N)cc1. The van der Waals surface area contributed by atoms with Gasteiger partial charge in [-0.25, -0.2) is 0 Å². The van der Waals surface area contributed by atoms with Crippen LogP contribution >= 0.6 is 0 Å². The van der Waals surface area contributed by atoms with Crippen molar-refractivity contribution in [2.75, 3.05) is 0 Å². The lowest BCUT2D eigenvalue weighted by Gasteiger charge is -1.99. The molecule has 15 heavy (non-hydrogen) atoms. The Morgan fingerprint density at radius 3 is 2.73 bits per heavy atom. The van der Waals surface area contributed by atoms with Gasteiger partial charge in [0.15, 0.2) is 0 Å². The number of unbranched alkanes of at least 4 members (excludes halogenated alkanes) is 1. The van der Waals surface area contributed by atoms with E-state index in [1.165, 1.54) is 0 Å². The highest BCUT2D eigenvalue weighted by Gasteiger charge is 1.93. The van der Waals surface area contributed by atoms with Gasteiger partial charge in [0.2, 0.25) is 0 Å². The second-order valence-electron chi connectivity index (χ2n) is 3.16. The van der Waals surface area contributed by atoms with Crippen LogP contribution in [0.3, 0.4) is 0 Å². The molecular formula is C12H14N2O. The monoisotopic (exact) mass is 202 g/mol. The van der Waals surface area contributed by atoms with Crippen LogP contribution in [-0.2, 0) is 11.4 Å². The maximum atomic E-state index is 8.60. The first-order valence-corrected chi connectivity index (χ1v) is 4.99. The lowest BCUT2D eigenvalue weighted by molar-refractivity contribution is 0.131. The summed E-state index contributed by atoms with van der Waals surface area (Å²) >= 11 is 0. The molecule has 0 bridgehead atoms. The maximum absolute atomic E-state index is 8.60. The first kappa shape index (κ1) is 11.3. The Labute approximate surface area is 90.0 Å². The molecule has 0 unspecified atom stereocenters. The molecule has 0 atom stereocenters. The molecule has 0 radical (unpaired) electrons. The summed E-state index contributed by atoms with van der Waals surface area (Å²) in [6.45, 7) is 2.54. The molecule has 0 fully saturated rings. The zero-order chi connectivity index (χ0) is 10.9. The van der Waals surface area contributed by atoms with Crippen LogP contribution < -0.4 is 0 Å². The predicted octanol–water partition coefficient (Wildman–Crippen LogP) is 2.86. The average molecular weight is 202 g/mol. The Hall–Kier alpha value is -1.82. The van der Waals surface area contributed by atoms with Crippen LogP contribution in [0.5, 0.6) is 0 Å². The van der Waals surface area contributed by atoms with Crippen molar-refractivity contribution in [1.29, 1.82) is 5.26 Å². The lowest BCUT2D eigenvalue weighted by atomic mass is 10.2. The fourth-order valence-corrected chi connectivity index (χ4v) is 1.02. The molecule has 0 aliphatic rings. The number of benzene rings is 1. The van der Waals surface area contributed by atoms with Gasteiger partial charge in [-0.05, 0) is 24.1 Å². The molecule has 0 aliphatic heterocycles. The molecule has 0 aromatic heterocycles. The van der Waals surface area contributed by atoms with Crippen LogP contribution in [0.1, 0.15) is 30.9 Å². The lowest BCUT2D eigenvalue weighted by Crippen LogP contribution is -1.87. The Kier molecular flexibility index (Phi) is 4.96. The minimum Gasteiger partial charge on any atom is -0.391 e. The summed E-state index contributed by atoms with van der Waals surface area (Å²) in [5.74, 6) is 0. The average Bonchev–Trinajstić information content (AvgIpc) is 2.30. The van der Waals surface area contributed by atoms with E-state index in [4.69, 9.17) is 10.1 Å². The topological polar surface area (TPSA) is 45.4 Å². The van der Waals surface area contributed by atoms with Gasteiger partial charge in [0.1, 0.15) is 6.61 Å². The normalized spacial score (nSPS) is 10.1. The Bertz CT molecular complexity index is 349. The van der Waals surface area contributed by atoms with Crippen LogP contribution in [0, 0.1) is 11.3 Å². The molecule has 0 saturated heterocycles. The molecule has 78 valence electrons. The van der Waals surface area contributed by atoms with Crippen LogP contribution in [0.15, 0.2) is 29.4 Å². The van der Waals surface area contributed by atoms with Gasteiger partial charge in [-0.3, -0.25) is 0 Å². The van der Waals surface area contributed by atoms with E-state index in [0.29, 0.717) is 12.2 Å². The largest absolute Gasteiger partial charge is 0.391 e. The number of nitrogens with zero attached hydrogens (tertiary/aromatic N) is 2. The van der Waals surface area contributed by atoms with Crippen LogP contribution in [0.2, 0.25) is 0 Å². The first-order chi connectivity index (χ1) is 7.36.